The molecule has 1 unspecified atom stereocenters. The third kappa shape index (κ3) is 3.15. The molecule has 0 aliphatic rings. The van der Waals surface area contributed by atoms with Crippen molar-refractivity contribution in [1.29, 1.82) is 0 Å². The van der Waals surface area contributed by atoms with Crippen LogP contribution in [0.4, 0.5) is 0 Å². The second kappa shape index (κ2) is 6.58. The molecule has 1 aromatic heterocycles. The number of carbonyl (C=O) groups excluding carboxylic acids is 1. The molecule has 5 heteroatoms. The summed E-state index contributed by atoms with van der Waals surface area (Å²) in [5.74, 6) is 0.232. The Kier molecular flexibility index (Phi) is 4.33. The molecule has 0 aliphatic carbocycles. The van der Waals surface area contributed by atoms with Gasteiger partial charge in [0.05, 0.1) is 18.7 Å². The Bertz CT molecular complexity index is 931. The highest BCUT2D eigenvalue weighted by Gasteiger charge is 2.16. The monoisotopic (exact) mass is 323 g/mol. The summed E-state index contributed by atoms with van der Waals surface area (Å²) in [4.78, 5) is 24.4. The molecule has 1 N–H and O–H groups in total. The number of amides is 1. The number of rotatable bonds is 4. The first kappa shape index (κ1) is 15.8. The Hall–Kier alpha value is -3.08. The van der Waals surface area contributed by atoms with Gasteiger partial charge in [-0.05, 0) is 24.6 Å². The molecule has 0 radical (unpaired) electrons. The zero-order valence-corrected chi connectivity index (χ0v) is 13.4. The number of fused-ring (bicyclic) bond motifs is 1. The van der Waals surface area contributed by atoms with Crippen LogP contribution in [0.1, 0.15) is 28.9 Å². The summed E-state index contributed by atoms with van der Waals surface area (Å²) < 4.78 is 10.3. The van der Waals surface area contributed by atoms with Gasteiger partial charge >= 0.3 is 5.63 Å². The van der Waals surface area contributed by atoms with Crippen LogP contribution in [-0.2, 0) is 0 Å². The van der Waals surface area contributed by atoms with Crippen LogP contribution in [0.3, 0.4) is 0 Å². The summed E-state index contributed by atoms with van der Waals surface area (Å²) in [6.45, 7) is 1.89. The van der Waals surface area contributed by atoms with Crippen molar-refractivity contribution in [3.63, 3.8) is 0 Å². The van der Waals surface area contributed by atoms with Crippen LogP contribution in [-0.4, -0.2) is 13.0 Å². The number of hydrogen-bond donors (Lipinski definition) is 1. The molecule has 2 aromatic carbocycles. The van der Waals surface area contributed by atoms with Crippen LogP contribution in [0.25, 0.3) is 11.0 Å². The van der Waals surface area contributed by atoms with Gasteiger partial charge in [0, 0.05) is 17.5 Å². The molecule has 0 bridgehead atoms. The molecule has 3 rings (SSSR count). The molecule has 0 aliphatic heterocycles. The van der Waals surface area contributed by atoms with Crippen LogP contribution in [0.2, 0.25) is 0 Å². The molecular weight excluding hydrogens is 306 g/mol. The van der Waals surface area contributed by atoms with Crippen molar-refractivity contribution in [1.82, 2.24) is 5.32 Å². The van der Waals surface area contributed by atoms with Crippen LogP contribution in [0.5, 0.6) is 5.75 Å². The standard InChI is InChI=1S/C19H17NO4/c1-12(13-6-4-3-5-7-13)20-19(22)16-11-18(21)24-17-10-14(23-2)8-9-15(16)17/h3-12H,1-2H3,(H,20,22). The minimum Gasteiger partial charge on any atom is -0.497 e. The lowest BCUT2D eigenvalue weighted by Crippen LogP contribution is -2.27. The van der Waals surface area contributed by atoms with Gasteiger partial charge in [0.25, 0.3) is 5.91 Å². The van der Waals surface area contributed by atoms with E-state index in [-0.39, 0.29) is 17.5 Å². The Morgan fingerprint density at radius 2 is 1.88 bits per heavy atom. The van der Waals surface area contributed by atoms with Gasteiger partial charge in [-0.2, -0.15) is 0 Å². The van der Waals surface area contributed by atoms with Crippen molar-refractivity contribution in [3.05, 3.63) is 76.1 Å². The highest BCUT2D eigenvalue weighted by Crippen LogP contribution is 2.23. The lowest BCUT2D eigenvalue weighted by atomic mass is 10.1. The van der Waals surface area contributed by atoms with E-state index in [0.29, 0.717) is 16.7 Å². The SMILES string of the molecule is COc1ccc2c(C(=O)NC(C)c3ccccc3)cc(=O)oc2c1. The van der Waals surface area contributed by atoms with Crippen molar-refractivity contribution < 1.29 is 13.9 Å². The summed E-state index contributed by atoms with van der Waals surface area (Å²) >= 11 is 0. The molecule has 0 fully saturated rings. The second-order valence-corrected chi connectivity index (χ2v) is 5.45. The van der Waals surface area contributed by atoms with Gasteiger partial charge in [0.15, 0.2) is 0 Å². The lowest BCUT2D eigenvalue weighted by molar-refractivity contribution is 0.0941. The minimum atomic E-state index is -0.576. The predicted octanol–water partition coefficient (Wildman–Crippen LogP) is 3.29. The van der Waals surface area contributed by atoms with E-state index in [9.17, 15) is 9.59 Å². The third-order valence-electron chi connectivity index (χ3n) is 3.84. The van der Waals surface area contributed by atoms with Crippen LogP contribution < -0.4 is 15.7 Å². The van der Waals surface area contributed by atoms with Gasteiger partial charge < -0.3 is 14.5 Å². The zero-order valence-electron chi connectivity index (χ0n) is 13.4. The molecule has 0 spiro atoms. The summed E-state index contributed by atoms with van der Waals surface area (Å²) in [6, 6.07) is 15.7. The van der Waals surface area contributed by atoms with Gasteiger partial charge in [0.1, 0.15) is 11.3 Å². The van der Waals surface area contributed by atoms with E-state index in [2.05, 4.69) is 5.32 Å². The Balaban J connectivity index is 1.96. The molecule has 3 aromatic rings. The predicted molar refractivity (Wildman–Crippen MR) is 91.4 cm³/mol. The third-order valence-corrected chi connectivity index (χ3v) is 3.84. The summed E-state index contributed by atoms with van der Waals surface area (Å²) in [7, 11) is 1.53. The van der Waals surface area contributed by atoms with Gasteiger partial charge in [-0.25, -0.2) is 4.79 Å². The fourth-order valence-electron chi connectivity index (χ4n) is 2.56. The summed E-state index contributed by atoms with van der Waals surface area (Å²) in [6.07, 6.45) is 0. The number of carbonyl (C=O) groups is 1. The maximum atomic E-state index is 12.6. The normalized spacial score (nSPS) is 11.9. The van der Waals surface area contributed by atoms with Crippen molar-refractivity contribution in [2.45, 2.75) is 13.0 Å². The first-order chi connectivity index (χ1) is 11.6. The number of nitrogens with one attached hydrogen (secondary N) is 1. The summed E-state index contributed by atoms with van der Waals surface area (Å²) in [5, 5.41) is 3.47. The molecule has 0 saturated heterocycles. The Labute approximate surface area is 138 Å². The number of hydrogen-bond acceptors (Lipinski definition) is 4. The van der Waals surface area contributed by atoms with E-state index in [1.807, 2.05) is 37.3 Å². The Morgan fingerprint density at radius 3 is 2.58 bits per heavy atom. The minimum absolute atomic E-state index is 0.181. The van der Waals surface area contributed by atoms with Crippen molar-refractivity contribution in [2.24, 2.45) is 0 Å². The van der Waals surface area contributed by atoms with Gasteiger partial charge in [-0.1, -0.05) is 30.3 Å². The van der Waals surface area contributed by atoms with E-state index in [0.717, 1.165) is 5.56 Å². The highest BCUT2D eigenvalue weighted by atomic mass is 16.5. The molecule has 122 valence electrons. The topological polar surface area (TPSA) is 68.5 Å². The fraction of sp³-hybridized carbons (Fsp3) is 0.158. The van der Waals surface area contributed by atoms with E-state index in [4.69, 9.17) is 9.15 Å². The molecule has 1 heterocycles. The molecular formula is C19H17NO4. The van der Waals surface area contributed by atoms with Crippen molar-refractivity contribution in [3.8, 4) is 5.75 Å². The van der Waals surface area contributed by atoms with Gasteiger partial charge in [-0.3, -0.25) is 4.79 Å². The number of benzene rings is 2. The lowest BCUT2D eigenvalue weighted by Gasteiger charge is -2.15. The largest absolute Gasteiger partial charge is 0.497 e. The van der Waals surface area contributed by atoms with E-state index < -0.39 is 5.63 Å². The van der Waals surface area contributed by atoms with Gasteiger partial charge in [-0.15, -0.1) is 0 Å². The van der Waals surface area contributed by atoms with E-state index >= 15 is 0 Å². The molecule has 0 saturated carbocycles. The van der Waals surface area contributed by atoms with E-state index in [1.54, 1.807) is 18.2 Å². The fourth-order valence-corrected chi connectivity index (χ4v) is 2.56. The number of ether oxygens (including phenoxy) is 1. The van der Waals surface area contributed by atoms with Crippen LogP contribution in [0.15, 0.2) is 63.8 Å². The zero-order chi connectivity index (χ0) is 17.1. The van der Waals surface area contributed by atoms with E-state index in [1.165, 1.54) is 13.2 Å². The maximum Gasteiger partial charge on any atom is 0.337 e. The first-order valence-electron chi connectivity index (χ1n) is 7.56. The summed E-state index contributed by atoms with van der Waals surface area (Å²) in [5.41, 5.74) is 1.01. The van der Waals surface area contributed by atoms with Gasteiger partial charge in [0.2, 0.25) is 0 Å². The van der Waals surface area contributed by atoms with Crippen LogP contribution >= 0.6 is 0 Å². The molecule has 5 nitrogen and oxygen atoms in total. The quantitative estimate of drug-likeness (QED) is 0.748. The highest BCUT2D eigenvalue weighted by molar-refractivity contribution is 6.05. The molecule has 1 atom stereocenters. The smallest absolute Gasteiger partial charge is 0.337 e. The average molecular weight is 323 g/mol. The molecule has 1 amide bonds. The first-order valence-corrected chi connectivity index (χ1v) is 7.56. The average Bonchev–Trinajstić information content (AvgIpc) is 2.61. The van der Waals surface area contributed by atoms with Crippen molar-refractivity contribution >= 4 is 16.9 Å². The van der Waals surface area contributed by atoms with Crippen molar-refractivity contribution in [2.75, 3.05) is 7.11 Å². The molecule has 24 heavy (non-hydrogen) atoms. The van der Waals surface area contributed by atoms with Crippen LogP contribution in [0, 0.1) is 0 Å². The second-order valence-electron chi connectivity index (χ2n) is 5.45. The number of methoxy groups -OCH3 is 1. The maximum absolute atomic E-state index is 12.6. The Morgan fingerprint density at radius 1 is 1.12 bits per heavy atom.